The molecule has 0 spiro atoms. The highest BCUT2D eigenvalue weighted by atomic mass is 32.1. The second-order valence-corrected chi connectivity index (χ2v) is 7.09. The van der Waals surface area contributed by atoms with Crippen molar-refractivity contribution in [2.24, 2.45) is 5.92 Å². The Bertz CT molecular complexity index is 684. The van der Waals surface area contributed by atoms with Gasteiger partial charge in [-0.15, -0.1) is 11.3 Å². The van der Waals surface area contributed by atoms with Gasteiger partial charge in [-0.1, -0.05) is 0 Å². The van der Waals surface area contributed by atoms with Crippen molar-refractivity contribution < 1.29 is 9.90 Å². The topological polar surface area (TPSA) is 53.4 Å². The number of thiazole rings is 1. The number of hydrogen-bond acceptors (Lipinski definition) is 4. The number of benzene rings is 1. The maximum Gasteiger partial charge on any atom is 0.253 e. The van der Waals surface area contributed by atoms with E-state index in [1.165, 1.54) is 0 Å². The van der Waals surface area contributed by atoms with Crippen molar-refractivity contribution in [2.45, 2.75) is 31.3 Å². The van der Waals surface area contributed by atoms with Crippen LogP contribution in [-0.4, -0.2) is 39.6 Å². The molecule has 1 aliphatic carbocycles. The molecule has 0 atom stereocenters. The van der Waals surface area contributed by atoms with E-state index < -0.39 is 5.60 Å². The van der Waals surface area contributed by atoms with Crippen LogP contribution in [0.15, 0.2) is 23.7 Å². The standard InChI is InChI=1S/C16H18N2O2S/c19-15(11-1-2-13-14(9-11)21-10-17-13)18-7-3-12(4-8-18)16(20)5-6-16/h1-2,9-10,12,20H,3-8H2. The third-order valence-corrected chi connectivity index (χ3v) is 5.67. The fourth-order valence-electron chi connectivity index (χ4n) is 3.33. The average molecular weight is 302 g/mol. The molecule has 4 rings (SSSR count). The highest BCUT2D eigenvalue weighted by Gasteiger charge is 2.48. The summed E-state index contributed by atoms with van der Waals surface area (Å²) in [6, 6.07) is 5.72. The van der Waals surface area contributed by atoms with Crippen LogP contribution in [0, 0.1) is 5.92 Å². The molecule has 5 heteroatoms. The van der Waals surface area contributed by atoms with E-state index in [2.05, 4.69) is 4.98 Å². The van der Waals surface area contributed by atoms with E-state index in [0.29, 0.717) is 5.92 Å². The van der Waals surface area contributed by atoms with Gasteiger partial charge in [-0.2, -0.15) is 0 Å². The van der Waals surface area contributed by atoms with Crippen molar-refractivity contribution in [3.63, 3.8) is 0 Å². The van der Waals surface area contributed by atoms with Crippen LogP contribution in [0.3, 0.4) is 0 Å². The van der Waals surface area contributed by atoms with Crippen LogP contribution in [0.25, 0.3) is 10.2 Å². The first-order chi connectivity index (χ1) is 10.2. The first-order valence-electron chi connectivity index (χ1n) is 7.51. The SMILES string of the molecule is O=C(c1ccc2ncsc2c1)N1CCC(C2(O)CC2)CC1. The van der Waals surface area contributed by atoms with Crippen molar-refractivity contribution in [1.29, 1.82) is 0 Å². The lowest BCUT2D eigenvalue weighted by Gasteiger charge is -2.34. The third-order valence-electron chi connectivity index (χ3n) is 4.88. The molecule has 110 valence electrons. The Morgan fingerprint density at radius 1 is 1.33 bits per heavy atom. The average Bonchev–Trinajstić information content (AvgIpc) is 3.10. The summed E-state index contributed by atoms with van der Waals surface area (Å²) in [5, 5.41) is 10.2. The van der Waals surface area contributed by atoms with Crippen LogP contribution in [0.4, 0.5) is 0 Å². The van der Waals surface area contributed by atoms with Gasteiger partial charge in [0.05, 0.1) is 21.3 Å². The number of piperidine rings is 1. The van der Waals surface area contributed by atoms with Crippen LogP contribution < -0.4 is 0 Å². The Morgan fingerprint density at radius 3 is 2.81 bits per heavy atom. The monoisotopic (exact) mass is 302 g/mol. The summed E-state index contributed by atoms with van der Waals surface area (Å²) in [6.45, 7) is 1.51. The van der Waals surface area contributed by atoms with E-state index in [0.717, 1.165) is 54.6 Å². The molecule has 1 aliphatic heterocycles. The van der Waals surface area contributed by atoms with Gasteiger partial charge in [0.1, 0.15) is 0 Å². The molecular weight excluding hydrogens is 284 g/mol. The van der Waals surface area contributed by atoms with Gasteiger partial charge < -0.3 is 10.0 Å². The van der Waals surface area contributed by atoms with Crippen molar-refractivity contribution in [3.8, 4) is 0 Å². The number of carbonyl (C=O) groups excluding carboxylic acids is 1. The van der Waals surface area contributed by atoms with Crippen molar-refractivity contribution in [3.05, 3.63) is 29.3 Å². The number of aromatic nitrogens is 1. The zero-order chi connectivity index (χ0) is 14.4. The lowest BCUT2D eigenvalue weighted by molar-refractivity contribution is 0.0340. The molecule has 1 N–H and O–H groups in total. The summed E-state index contributed by atoms with van der Waals surface area (Å²) in [4.78, 5) is 18.7. The second-order valence-electron chi connectivity index (χ2n) is 6.20. The van der Waals surface area contributed by atoms with Crippen LogP contribution in [0.2, 0.25) is 0 Å². The first-order valence-corrected chi connectivity index (χ1v) is 8.39. The molecule has 0 unspecified atom stereocenters. The molecule has 4 nitrogen and oxygen atoms in total. The van der Waals surface area contributed by atoms with Crippen molar-refractivity contribution in [2.75, 3.05) is 13.1 Å². The maximum absolute atomic E-state index is 12.6. The van der Waals surface area contributed by atoms with Gasteiger partial charge in [0.25, 0.3) is 5.91 Å². The molecule has 1 aromatic carbocycles. The second kappa shape index (κ2) is 4.78. The number of hydrogen-bond donors (Lipinski definition) is 1. The minimum absolute atomic E-state index is 0.103. The first kappa shape index (κ1) is 13.2. The Morgan fingerprint density at radius 2 is 2.10 bits per heavy atom. The van der Waals surface area contributed by atoms with Crippen LogP contribution in [0.5, 0.6) is 0 Å². The summed E-state index contributed by atoms with van der Waals surface area (Å²) in [7, 11) is 0. The fourth-order valence-corrected chi connectivity index (χ4v) is 4.04. The molecule has 21 heavy (non-hydrogen) atoms. The van der Waals surface area contributed by atoms with Gasteiger partial charge in [0.15, 0.2) is 0 Å². The van der Waals surface area contributed by atoms with Gasteiger partial charge >= 0.3 is 0 Å². The third kappa shape index (κ3) is 2.34. The van der Waals surface area contributed by atoms with Crippen LogP contribution >= 0.6 is 11.3 Å². The van der Waals surface area contributed by atoms with Gasteiger partial charge in [-0.25, -0.2) is 4.98 Å². The number of carbonyl (C=O) groups is 1. The highest BCUT2D eigenvalue weighted by molar-refractivity contribution is 7.16. The molecule has 2 aliphatic rings. The molecule has 2 heterocycles. The zero-order valence-corrected chi connectivity index (χ0v) is 12.6. The predicted octanol–water partition coefficient (Wildman–Crippen LogP) is 2.67. The number of fused-ring (bicyclic) bond motifs is 1. The van der Waals surface area contributed by atoms with E-state index in [4.69, 9.17) is 0 Å². The number of likely N-dealkylation sites (tertiary alicyclic amines) is 1. The molecule has 1 saturated heterocycles. The normalized spacial score (nSPS) is 21.7. The maximum atomic E-state index is 12.6. The molecular formula is C16H18N2O2S. The van der Waals surface area contributed by atoms with Crippen LogP contribution in [-0.2, 0) is 0 Å². The Balaban J connectivity index is 1.47. The Labute approximate surface area is 127 Å². The molecule has 0 radical (unpaired) electrons. The van der Waals surface area contributed by atoms with Crippen molar-refractivity contribution >= 4 is 27.5 Å². The van der Waals surface area contributed by atoms with Gasteiger partial charge in [-0.3, -0.25) is 4.79 Å². The summed E-state index contributed by atoms with van der Waals surface area (Å²) in [6.07, 6.45) is 3.72. The number of aliphatic hydroxyl groups is 1. The highest BCUT2D eigenvalue weighted by Crippen LogP contribution is 2.46. The van der Waals surface area contributed by atoms with E-state index in [1.807, 2.05) is 23.1 Å². The van der Waals surface area contributed by atoms with E-state index in [9.17, 15) is 9.90 Å². The summed E-state index contributed by atoms with van der Waals surface area (Å²) >= 11 is 1.56. The lowest BCUT2D eigenvalue weighted by atomic mass is 9.89. The fraction of sp³-hybridized carbons (Fsp3) is 0.500. The van der Waals surface area contributed by atoms with Gasteiger partial charge in [-0.05, 0) is 49.8 Å². The van der Waals surface area contributed by atoms with Crippen LogP contribution in [0.1, 0.15) is 36.0 Å². The minimum Gasteiger partial charge on any atom is -0.390 e. The quantitative estimate of drug-likeness (QED) is 0.928. The summed E-state index contributed by atoms with van der Waals surface area (Å²) < 4.78 is 1.06. The van der Waals surface area contributed by atoms with Crippen molar-refractivity contribution in [1.82, 2.24) is 9.88 Å². The van der Waals surface area contributed by atoms with E-state index in [-0.39, 0.29) is 5.91 Å². The number of amides is 1. The molecule has 0 bridgehead atoms. The van der Waals surface area contributed by atoms with Gasteiger partial charge in [0, 0.05) is 18.7 Å². The summed E-state index contributed by atoms with van der Waals surface area (Å²) in [5.74, 6) is 0.483. The lowest BCUT2D eigenvalue weighted by Crippen LogP contribution is -2.41. The van der Waals surface area contributed by atoms with E-state index >= 15 is 0 Å². The Hall–Kier alpha value is -1.46. The summed E-state index contributed by atoms with van der Waals surface area (Å²) in [5.41, 5.74) is 3.10. The Kier molecular flexibility index (Phi) is 3.01. The minimum atomic E-state index is -0.406. The molecule has 1 saturated carbocycles. The smallest absolute Gasteiger partial charge is 0.253 e. The molecule has 2 aromatic rings. The van der Waals surface area contributed by atoms with E-state index in [1.54, 1.807) is 16.8 Å². The zero-order valence-electron chi connectivity index (χ0n) is 11.8. The number of nitrogens with zero attached hydrogens (tertiary/aromatic N) is 2. The predicted molar refractivity (Wildman–Crippen MR) is 82.4 cm³/mol. The largest absolute Gasteiger partial charge is 0.390 e. The molecule has 1 amide bonds. The number of rotatable bonds is 2. The molecule has 1 aromatic heterocycles. The van der Waals surface area contributed by atoms with Gasteiger partial charge in [0.2, 0.25) is 0 Å². The molecule has 2 fully saturated rings.